The van der Waals surface area contributed by atoms with E-state index in [1.165, 1.54) is 13.3 Å². The third kappa shape index (κ3) is 1.37. The number of carbonyl (C=O) groups is 1. The molecule has 0 amide bonds. The van der Waals surface area contributed by atoms with Crippen LogP contribution in [0, 0.1) is 23.2 Å². The molecule has 0 aromatic carbocycles. The van der Waals surface area contributed by atoms with Crippen molar-refractivity contribution in [3.05, 3.63) is 12.2 Å². The molecule has 2 heteroatoms. The van der Waals surface area contributed by atoms with E-state index in [1.54, 1.807) is 0 Å². The summed E-state index contributed by atoms with van der Waals surface area (Å²) in [6, 6.07) is 0. The van der Waals surface area contributed by atoms with E-state index in [9.17, 15) is 4.79 Å². The molecule has 3 rings (SSSR count). The molecule has 78 valence electrons. The fourth-order valence-corrected chi connectivity index (χ4v) is 2.84. The molecule has 1 saturated carbocycles. The standard InChI is InChI=1S/C12H18O2/c1-8(13)14-7-9-4-5-10-6-11(9)12(10,2)3/h4-5,9-11H,6-7H2,1-3H3. The van der Waals surface area contributed by atoms with Crippen LogP contribution in [0.5, 0.6) is 0 Å². The van der Waals surface area contributed by atoms with Crippen LogP contribution in [0.1, 0.15) is 27.2 Å². The van der Waals surface area contributed by atoms with Gasteiger partial charge < -0.3 is 4.74 Å². The Morgan fingerprint density at radius 1 is 1.50 bits per heavy atom. The zero-order valence-electron chi connectivity index (χ0n) is 9.12. The molecule has 14 heavy (non-hydrogen) atoms. The van der Waals surface area contributed by atoms with Crippen LogP contribution < -0.4 is 0 Å². The van der Waals surface area contributed by atoms with Gasteiger partial charge in [-0.1, -0.05) is 26.0 Å². The second-order valence-electron chi connectivity index (χ2n) is 5.12. The minimum Gasteiger partial charge on any atom is -0.465 e. The highest BCUT2D eigenvalue weighted by Crippen LogP contribution is 2.58. The Kier molecular flexibility index (Phi) is 2.17. The molecule has 0 radical (unpaired) electrons. The Hall–Kier alpha value is -0.790. The van der Waals surface area contributed by atoms with Gasteiger partial charge in [-0.05, 0) is 23.7 Å². The lowest BCUT2D eigenvalue weighted by molar-refractivity contribution is -0.145. The molecule has 0 spiro atoms. The maximum atomic E-state index is 10.7. The molecule has 0 aromatic rings. The van der Waals surface area contributed by atoms with Gasteiger partial charge in [-0.25, -0.2) is 0 Å². The Morgan fingerprint density at radius 2 is 2.21 bits per heavy atom. The number of fused-ring (bicyclic) bond motifs is 1. The first kappa shape index (κ1) is 9.75. The maximum Gasteiger partial charge on any atom is 0.302 e. The Balaban J connectivity index is 1.98. The molecule has 2 bridgehead atoms. The van der Waals surface area contributed by atoms with Crippen molar-refractivity contribution >= 4 is 5.97 Å². The van der Waals surface area contributed by atoms with Gasteiger partial charge in [0, 0.05) is 12.8 Å². The molecular weight excluding hydrogens is 176 g/mol. The molecule has 0 heterocycles. The molecule has 0 N–H and O–H groups in total. The maximum absolute atomic E-state index is 10.7. The average Bonchev–Trinajstić information content (AvgIpc) is 2.14. The van der Waals surface area contributed by atoms with Crippen molar-refractivity contribution in [2.45, 2.75) is 27.2 Å². The molecule has 0 saturated heterocycles. The lowest BCUT2D eigenvalue weighted by Gasteiger charge is -2.56. The molecule has 2 nitrogen and oxygen atoms in total. The van der Waals surface area contributed by atoms with Gasteiger partial charge in [-0.3, -0.25) is 4.79 Å². The fourth-order valence-electron chi connectivity index (χ4n) is 2.84. The highest BCUT2D eigenvalue weighted by atomic mass is 16.5. The Morgan fingerprint density at radius 3 is 2.71 bits per heavy atom. The number of rotatable bonds is 2. The third-order valence-electron chi connectivity index (χ3n) is 4.01. The average molecular weight is 194 g/mol. The van der Waals surface area contributed by atoms with Crippen LogP contribution in [0.3, 0.4) is 0 Å². The van der Waals surface area contributed by atoms with Crippen molar-refractivity contribution in [1.82, 2.24) is 0 Å². The van der Waals surface area contributed by atoms with Crippen molar-refractivity contribution in [2.24, 2.45) is 23.2 Å². The zero-order chi connectivity index (χ0) is 10.3. The SMILES string of the molecule is CC(=O)OCC1C=CC2CC1C2(C)C. The summed E-state index contributed by atoms with van der Waals surface area (Å²) < 4.78 is 5.08. The summed E-state index contributed by atoms with van der Waals surface area (Å²) in [6.45, 7) is 6.67. The predicted octanol–water partition coefficient (Wildman–Crippen LogP) is 2.40. The third-order valence-corrected chi connectivity index (χ3v) is 4.01. The van der Waals surface area contributed by atoms with Crippen LogP contribution in [-0.2, 0) is 9.53 Å². The molecule has 3 aliphatic carbocycles. The van der Waals surface area contributed by atoms with E-state index < -0.39 is 0 Å². The second-order valence-corrected chi connectivity index (χ2v) is 5.12. The van der Waals surface area contributed by atoms with Crippen molar-refractivity contribution in [1.29, 1.82) is 0 Å². The summed E-state index contributed by atoms with van der Waals surface area (Å²) in [6.07, 6.45) is 5.80. The van der Waals surface area contributed by atoms with Crippen molar-refractivity contribution in [2.75, 3.05) is 6.61 Å². The van der Waals surface area contributed by atoms with E-state index >= 15 is 0 Å². The van der Waals surface area contributed by atoms with Crippen molar-refractivity contribution < 1.29 is 9.53 Å². The molecular formula is C12H18O2. The summed E-state index contributed by atoms with van der Waals surface area (Å²) in [4.78, 5) is 10.7. The first-order valence-electron chi connectivity index (χ1n) is 5.33. The number of esters is 1. The van der Waals surface area contributed by atoms with Gasteiger partial charge in [0.2, 0.25) is 0 Å². The number of ether oxygens (including phenoxy) is 1. The molecule has 3 aliphatic rings. The summed E-state index contributed by atoms with van der Waals surface area (Å²) >= 11 is 0. The highest BCUT2D eigenvalue weighted by Gasteiger charge is 2.51. The number of hydrogen-bond acceptors (Lipinski definition) is 2. The van der Waals surface area contributed by atoms with Gasteiger partial charge in [0.25, 0.3) is 0 Å². The first-order chi connectivity index (χ1) is 6.51. The zero-order valence-corrected chi connectivity index (χ0v) is 9.12. The van der Waals surface area contributed by atoms with Gasteiger partial charge in [-0.2, -0.15) is 0 Å². The Labute approximate surface area is 85.3 Å². The van der Waals surface area contributed by atoms with E-state index in [-0.39, 0.29) is 5.97 Å². The van der Waals surface area contributed by atoms with E-state index in [4.69, 9.17) is 4.74 Å². The summed E-state index contributed by atoms with van der Waals surface area (Å²) in [5, 5.41) is 0. The van der Waals surface area contributed by atoms with Crippen molar-refractivity contribution in [3.63, 3.8) is 0 Å². The second kappa shape index (κ2) is 3.11. The smallest absolute Gasteiger partial charge is 0.302 e. The van der Waals surface area contributed by atoms with Crippen LogP contribution in [-0.4, -0.2) is 12.6 Å². The highest BCUT2D eigenvalue weighted by molar-refractivity contribution is 5.65. The van der Waals surface area contributed by atoms with Gasteiger partial charge in [-0.15, -0.1) is 0 Å². The normalized spacial score (nSPS) is 37.5. The van der Waals surface area contributed by atoms with Gasteiger partial charge in [0.1, 0.15) is 0 Å². The van der Waals surface area contributed by atoms with E-state index in [1.807, 2.05) is 0 Å². The van der Waals surface area contributed by atoms with Crippen LogP contribution in [0.4, 0.5) is 0 Å². The van der Waals surface area contributed by atoms with Crippen LogP contribution >= 0.6 is 0 Å². The number of carbonyl (C=O) groups excluding carboxylic acids is 1. The van der Waals surface area contributed by atoms with Crippen molar-refractivity contribution in [3.8, 4) is 0 Å². The molecule has 3 atom stereocenters. The van der Waals surface area contributed by atoms with E-state index in [0.717, 1.165) is 5.92 Å². The van der Waals surface area contributed by atoms with Crippen LogP contribution in [0.25, 0.3) is 0 Å². The largest absolute Gasteiger partial charge is 0.465 e. The quantitative estimate of drug-likeness (QED) is 0.498. The summed E-state index contributed by atoms with van der Waals surface area (Å²) in [5.74, 6) is 1.73. The van der Waals surface area contributed by atoms with Crippen LogP contribution in [0.2, 0.25) is 0 Å². The lowest BCUT2D eigenvalue weighted by Crippen LogP contribution is -2.50. The number of allylic oxidation sites excluding steroid dienone is 1. The lowest BCUT2D eigenvalue weighted by atomic mass is 9.48. The minimum absolute atomic E-state index is 0.169. The summed E-state index contributed by atoms with van der Waals surface area (Å²) in [5.41, 5.74) is 0.416. The summed E-state index contributed by atoms with van der Waals surface area (Å²) in [7, 11) is 0. The monoisotopic (exact) mass is 194 g/mol. The number of hydrogen-bond donors (Lipinski definition) is 0. The molecule has 1 fully saturated rings. The van der Waals surface area contributed by atoms with E-state index in [2.05, 4.69) is 26.0 Å². The molecule has 0 aliphatic heterocycles. The predicted molar refractivity (Wildman–Crippen MR) is 54.6 cm³/mol. The molecule has 0 aromatic heterocycles. The fraction of sp³-hybridized carbons (Fsp3) is 0.750. The van der Waals surface area contributed by atoms with Gasteiger partial charge in [0.15, 0.2) is 0 Å². The minimum atomic E-state index is -0.169. The topological polar surface area (TPSA) is 26.3 Å². The van der Waals surface area contributed by atoms with Gasteiger partial charge in [0.05, 0.1) is 6.61 Å². The van der Waals surface area contributed by atoms with E-state index in [0.29, 0.717) is 23.9 Å². The van der Waals surface area contributed by atoms with Gasteiger partial charge >= 0.3 is 5.97 Å². The van der Waals surface area contributed by atoms with Crippen LogP contribution in [0.15, 0.2) is 12.2 Å². The molecule has 3 unspecified atom stereocenters. The Bertz CT molecular complexity index is 278. The first-order valence-corrected chi connectivity index (χ1v) is 5.33.